The average molecular weight is 737 g/mol. The summed E-state index contributed by atoms with van der Waals surface area (Å²) in [5, 5.41) is 2.65. The molecule has 1 aliphatic heterocycles. The number of likely N-dealkylation sites (N-methyl/N-ethyl adjacent to an activating group) is 1. The Morgan fingerprint density at radius 2 is 1.65 bits per heavy atom. The summed E-state index contributed by atoms with van der Waals surface area (Å²) in [6, 6.07) is 25.0. The highest BCUT2D eigenvalue weighted by Crippen LogP contribution is 2.37. The van der Waals surface area contributed by atoms with Gasteiger partial charge in [0.1, 0.15) is 28.9 Å². The molecule has 11 nitrogen and oxygen atoms in total. The van der Waals surface area contributed by atoms with Crippen LogP contribution in [0.4, 0.5) is 36.5 Å². The summed E-state index contributed by atoms with van der Waals surface area (Å²) in [7, 11) is 5.13. The standard InChI is InChI=1S/C41H42F2N6O5/c1-27-9-12-29(39(50)45-31-8-6-7-30(25-31)41(2,42)43)24-35(27)54-40(51)49(34-16-15-33(52-4)26-36(34)53-5)38-17-18-44-37(46-38)23-28-10-13-32(14-11-28)48-21-19-47(3)20-22-48/h6-18,24-26H,19-23H2,1-5H3,(H,45,50). The topological polar surface area (TPSA) is 109 Å². The molecule has 0 saturated carbocycles. The van der Waals surface area contributed by atoms with Crippen LogP contribution in [-0.4, -0.2) is 74.3 Å². The molecule has 1 aliphatic rings. The summed E-state index contributed by atoms with van der Waals surface area (Å²) in [6.45, 7) is 6.48. The lowest BCUT2D eigenvalue weighted by Gasteiger charge is -2.34. The molecule has 0 spiro atoms. The number of alkyl halides is 2. The molecule has 1 saturated heterocycles. The molecular formula is C41H42F2N6O5. The second kappa shape index (κ2) is 16.3. The normalized spacial score (nSPS) is 13.3. The number of hydrogen-bond donors (Lipinski definition) is 1. The van der Waals surface area contributed by atoms with Gasteiger partial charge in [-0.1, -0.05) is 30.3 Å². The van der Waals surface area contributed by atoms with E-state index in [1.54, 1.807) is 49.5 Å². The van der Waals surface area contributed by atoms with Crippen LogP contribution < -0.4 is 29.3 Å². The molecule has 1 fully saturated rings. The van der Waals surface area contributed by atoms with Gasteiger partial charge in [0.2, 0.25) is 0 Å². The number of amides is 2. The minimum absolute atomic E-state index is 0.105. The van der Waals surface area contributed by atoms with Crippen LogP contribution in [0.3, 0.4) is 0 Å². The van der Waals surface area contributed by atoms with Crippen LogP contribution in [0.5, 0.6) is 17.2 Å². The fourth-order valence-electron chi connectivity index (χ4n) is 6.02. The summed E-state index contributed by atoms with van der Waals surface area (Å²) in [5.74, 6) is -2.02. The number of carbonyl (C=O) groups is 2. The molecule has 0 aliphatic carbocycles. The maximum atomic E-state index is 14.2. The summed E-state index contributed by atoms with van der Waals surface area (Å²) < 4.78 is 44.9. The molecule has 5 aromatic rings. The summed E-state index contributed by atoms with van der Waals surface area (Å²) in [4.78, 5) is 42.7. The first-order chi connectivity index (χ1) is 25.9. The van der Waals surface area contributed by atoms with Crippen LogP contribution in [-0.2, 0) is 12.3 Å². The van der Waals surface area contributed by atoms with Gasteiger partial charge in [0.25, 0.3) is 11.8 Å². The quantitative estimate of drug-likeness (QED) is 0.145. The van der Waals surface area contributed by atoms with Gasteiger partial charge in [-0.25, -0.2) is 28.4 Å². The van der Waals surface area contributed by atoms with Gasteiger partial charge in [0.05, 0.1) is 19.9 Å². The number of piperazine rings is 1. The van der Waals surface area contributed by atoms with Gasteiger partial charge in [-0.05, 0) is 79.7 Å². The predicted molar refractivity (Wildman–Crippen MR) is 204 cm³/mol. The van der Waals surface area contributed by atoms with Crippen LogP contribution in [0.1, 0.15) is 39.8 Å². The third kappa shape index (κ3) is 8.92. The number of aromatic nitrogens is 2. The van der Waals surface area contributed by atoms with Crippen LogP contribution >= 0.6 is 0 Å². The monoisotopic (exact) mass is 736 g/mol. The molecule has 2 amide bonds. The molecule has 0 atom stereocenters. The lowest BCUT2D eigenvalue weighted by atomic mass is 10.1. The van der Waals surface area contributed by atoms with Gasteiger partial charge in [-0.3, -0.25) is 4.79 Å². The Kier molecular flexibility index (Phi) is 11.4. The first-order valence-corrected chi connectivity index (χ1v) is 17.4. The molecule has 1 N–H and O–H groups in total. The number of benzene rings is 4. The predicted octanol–water partition coefficient (Wildman–Crippen LogP) is 7.85. The number of aryl methyl sites for hydroxylation is 1. The van der Waals surface area contributed by atoms with Crippen molar-refractivity contribution in [3.05, 3.63) is 125 Å². The summed E-state index contributed by atoms with van der Waals surface area (Å²) in [5.41, 5.74) is 3.16. The highest BCUT2D eigenvalue weighted by molar-refractivity contribution is 6.05. The zero-order chi connectivity index (χ0) is 38.4. The summed E-state index contributed by atoms with van der Waals surface area (Å²) in [6.07, 6.45) is 1.15. The lowest BCUT2D eigenvalue weighted by molar-refractivity contribution is 0.0175. The Balaban J connectivity index is 1.27. The fourth-order valence-corrected chi connectivity index (χ4v) is 6.02. The first kappa shape index (κ1) is 37.7. The van der Waals surface area contributed by atoms with Crippen molar-refractivity contribution in [2.75, 3.05) is 62.6 Å². The van der Waals surface area contributed by atoms with E-state index in [1.807, 2.05) is 0 Å². The number of ether oxygens (including phenoxy) is 3. The third-order valence-corrected chi connectivity index (χ3v) is 9.17. The molecule has 2 heterocycles. The van der Waals surface area contributed by atoms with E-state index in [9.17, 15) is 18.4 Å². The van der Waals surface area contributed by atoms with Gasteiger partial charge in [-0.15, -0.1) is 0 Å². The lowest BCUT2D eigenvalue weighted by Crippen LogP contribution is -2.44. The minimum Gasteiger partial charge on any atom is -0.497 e. The van der Waals surface area contributed by atoms with Crippen molar-refractivity contribution in [1.29, 1.82) is 0 Å². The molecule has 280 valence electrons. The smallest absolute Gasteiger partial charge is 0.425 e. The largest absolute Gasteiger partial charge is 0.497 e. The highest BCUT2D eigenvalue weighted by atomic mass is 19.3. The molecule has 0 radical (unpaired) electrons. The number of hydrogen-bond acceptors (Lipinski definition) is 9. The third-order valence-electron chi connectivity index (χ3n) is 9.17. The zero-order valence-corrected chi connectivity index (χ0v) is 30.8. The van der Waals surface area contributed by atoms with E-state index in [0.29, 0.717) is 35.0 Å². The molecule has 0 bridgehead atoms. The van der Waals surface area contributed by atoms with E-state index in [-0.39, 0.29) is 28.4 Å². The van der Waals surface area contributed by atoms with Crippen molar-refractivity contribution < 1.29 is 32.6 Å². The Morgan fingerprint density at radius 3 is 2.35 bits per heavy atom. The number of halogens is 2. The Hall–Kier alpha value is -6.08. The Morgan fingerprint density at radius 1 is 0.889 bits per heavy atom. The van der Waals surface area contributed by atoms with Crippen LogP contribution in [0.15, 0.2) is 97.2 Å². The van der Waals surface area contributed by atoms with Crippen molar-refractivity contribution in [3.8, 4) is 17.2 Å². The van der Waals surface area contributed by atoms with Crippen molar-refractivity contribution >= 4 is 34.9 Å². The second-order valence-electron chi connectivity index (χ2n) is 13.1. The van der Waals surface area contributed by atoms with Gasteiger partial charge >= 0.3 is 6.09 Å². The molecule has 0 unspecified atom stereocenters. The van der Waals surface area contributed by atoms with Gasteiger partial charge in [-0.2, -0.15) is 0 Å². The van der Waals surface area contributed by atoms with E-state index in [1.165, 1.54) is 49.5 Å². The molecule has 1 aromatic heterocycles. The number of rotatable bonds is 11. The number of carbonyl (C=O) groups excluding carboxylic acids is 2. The fraction of sp³-hybridized carbons (Fsp3) is 0.268. The van der Waals surface area contributed by atoms with Gasteiger partial charge in [0.15, 0.2) is 0 Å². The summed E-state index contributed by atoms with van der Waals surface area (Å²) >= 11 is 0. The van der Waals surface area contributed by atoms with Crippen molar-refractivity contribution in [2.24, 2.45) is 0 Å². The van der Waals surface area contributed by atoms with Crippen LogP contribution in [0.2, 0.25) is 0 Å². The number of nitrogens with one attached hydrogen (secondary N) is 1. The molecular weight excluding hydrogens is 694 g/mol. The van der Waals surface area contributed by atoms with Crippen LogP contribution in [0.25, 0.3) is 0 Å². The van der Waals surface area contributed by atoms with Crippen molar-refractivity contribution in [2.45, 2.75) is 26.2 Å². The molecule has 13 heteroatoms. The molecule has 54 heavy (non-hydrogen) atoms. The molecule has 6 rings (SSSR count). The maximum Gasteiger partial charge on any atom is 0.425 e. The zero-order valence-electron chi connectivity index (χ0n) is 30.8. The van der Waals surface area contributed by atoms with E-state index in [4.69, 9.17) is 19.2 Å². The van der Waals surface area contributed by atoms with Crippen LogP contribution in [0, 0.1) is 6.92 Å². The second-order valence-corrected chi connectivity index (χ2v) is 13.1. The number of anilines is 4. The van der Waals surface area contributed by atoms with E-state index in [0.717, 1.165) is 44.4 Å². The highest BCUT2D eigenvalue weighted by Gasteiger charge is 2.28. The van der Waals surface area contributed by atoms with Crippen molar-refractivity contribution in [3.63, 3.8) is 0 Å². The number of nitrogens with zero attached hydrogens (tertiary/aromatic N) is 5. The first-order valence-electron chi connectivity index (χ1n) is 17.4. The molecule has 4 aromatic carbocycles. The maximum absolute atomic E-state index is 14.2. The van der Waals surface area contributed by atoms with E-state index in [2.05, 4.69) is 51.4 Å². The minimum atomic E-state index is -3.08. The average Bonchev–Trinajstić information content (AvgIpc) is 3.16. The van der Waals surface area contributed by atoms with Gasteiger partial charge in [0, 0.05) is 74.3 Å². The SMILES string of the molecule is COc1ccc(N(C(=O)Oc2cc(C(=O)Nc3cccc(C(C)(F)F)c3)ccc2C)c2ccnc(Cc3ccc(N4CCN(C)CC4)cc3)n2)c(OC)c1. The number of methoxy groups -OCH3 is 2. The Labute approximate surface area is 313 Å². The van der Waals surface area contributed by atoms with Gasteiger partial charge < -0.3 is 29.3 Å². The Bertz CT molecular complexity index is 2120. The van der Waals surface area contributed by atoms with E-state index >= 15 is 0 Å². The van der Waals surface area contributed by atoms with E-state index < -0.39 is 17.9 Å². The van der Waals surface area contributed by atoms with Crippen molar-refractivity contribution in [1.82, 2.24) is 14.9 Å².